The van der Waals surface area contributed by atoms with Crippen molar-refractivity contribution in [3.05, 3.63) is 0 Å². The predicted molar refractivity (Wildman–Crippen MR) is 61.0 cm³/mol. The van der Waals surface area contributed by atoms with Crippen LogP contribution >= 0.6 is 0 Å². The van der Waals surface area contributed by atoms with E-state index in [-0.39, 0.29) is 6.42 Å². The van der Waals surface area contributed by atoms with Crippen molar-refractivity contribution in [3.63, 3.8) is 0 Å². The van der Waals surface area contributed by atoms with E-state index in [1.54, 1.807) is 0 Å². The summed E-state index contributed by atoms with van der Waals surface area (Å²) in [6.45, 7) is 0.481. The van der Waals surface area contributed by atoms with E-state index in [9.17, 15) is 24.9 Å². The summed E-state index contributed by atoms with van der Waals surface area (Å²) in [5.74, 6) is -3.67. The Morgan fingerprint density at radius 3 is 2.75 bits per heavy atom. The Morgan fingerprint density at radius 1 is 1.55 bits per heavy atom. The highest BCUT2D eigenvalue weighted by Gasteiger charge is 2.61. The van der Waals surface area contributed by atoms with Crippen molar-refractivity contribution in [1.29, 1.82) is 0 Å². The molecule has 2 aliphatic rings. The molecule has 2 rings (SSSR count). The van der Waals surface area contributed by atoms with Crippen molar-refractivity contribution in [1.82, 2.24) is 5.32 Å². The maximum atomic E-state index is 11.5. The zero-order chi connectivity index (χ0) is 15.1. The molecule has 9 nitrogen and oxygen atoms in total. The number of ether oxygens (including phenoxy) is 2. The molecule has 0 aromatic carbocycles. The third-order valence-electron chi connectivity index (χ3n) is 3.43. The summed E-state index contributed by atoms with van der Waals surface area (Å²) in [6, 6.07) is -0.935. The van der Waals surface area contributed by atoms with Crippen molar-refractivity contribution in [3.8, 4) is 0 Å². The lowest BCUT2D eigenvalue weighted by Crippen LogP contribution is -2.63. The van der Waals surface area contributed by atoms with E-state index in [4.69, 9.17) is 14.6 Å². The Morgan fingerprint density at radius 2 is 2.20 bits per heavy atom. The number of rotatable bonds is 4. The van der Waals surface area contributed by atoms with Gasteiger partial charge in [0, 0.05) is 6.92 Å². The van der Waals surface area contributed by atoms with Crippen LogP contribution in [0.2, 0.25) is 0 Å². The minimum atomic E-state index is -2.21. The van der Waals surface area contributed by atoms with Gasteiger partial charge in [0.2, 0.25) is 5.91 Å². The molecule has 6 atom stereocenters. The topological polar surface area (TPSA) is 146 Å². The molecule has 20 heavy (non-hydrogen) atoms. The van der Waals surface area contributed by atoms with Gasteiger partial charge in [0.1, 0.15) is 24.4 Å². The van der Waals surface area contributed by atoms with Crippen molar-refractivity contribution in [2.45, 2.75) is 49.6 Å². The maximum absolute atomic E-state index is 11.5. The number of amides is 1. The molecule has 2 bridgehead atoms. The molecule has 2 heterocycles. The largest absolute Gasteiger partial charge is 0.456 e. The van der Waals surface area contributed by atoms with Gasteiger partial charge in [-0.25, -0.2) is 4.79 Å². The second kappa shape index (κ2) is 5.26. The van der Waals surface area contributed by atoms with Crippen LogP contribution in [0.1, 0.15) is 13.3 Å². The van der Waals surface area contributed by atoms with Crippen LogP contribution in [0.5, 0.6) is 0 Å². The molecule has 0 aromatic rings. The Kier molecular flexibility index (Phi) is 3.98. The van der Waals surface area contributed by atoms with Gasteiger partial charge < -0.3 is 35.2 Å². The van der Waals surface area contributed by atoms with Crippen molar-refractivity contribution in [2.24, 2.45) is 0 Å². The van der Waals surface area contributed by atoms with E-state index in [2.05, 4.69) is 5.32 Å². The molecule has 2 fully saturated rings. The number of hydrogen-bond acceptors (Lipinski definition) is 8. The van der Waals surface area contributed by atoms with Crippen LogP contribution in [0.3, 0.4) is 0 Å². The smallest absolute Gasteiger partial charge is 0.367 e. The molecule has 1 amide bonds. The lowest BCUT2D eigenvalue weighted by atomic mass is 9.90. The fourth-order valence-electron chi connectivity index (χ4n) is 2.45. The number of fused-ring (bicyclic) bond motifs is 2. The molecule has 5 N–H and O–H groups in total. The standard InChI is InChI=1S/C11H17NO8/c1-4(14)12-7-6-2-11(18,10(17)19-6)20-9(7)8(16)5(15)3-13/h5-9,13,15-16,18H,2-3H2,1H3,(H,12,14)/t5-,6+,7-,8-,9-,11+/m1/s1. The Balaban J connectivity index is 2.26. The molecule has 0 unspecified atom stereocenters. The van der Waals surface area contributed by atoms with Crippen LogP contribution in [0.4, 0.5) is 0 Å². The van der Waals surface area contributed by atoms with Crippen molar-refractivity contribution < 1.29 is 39.5 Å². The van der Waals surface area contributed by atoms with Crippen molar-refractivity contribution >= 4 is 11.9 Å². The van der Waals surface area contributed by atoms with Crippen LogP contribution in [-0.4, -0.2) is 75.2 Å². The zero-order valence-corrected chi connectivity index (χ0v) is 10.7. The Labute approximate surface area is 114 Å². The summed E-state index contributed by atoms with van der Waals surface area (Å²) in [4.78, 5) is 22.7. The van der Waals surface area contributed by atoms with Gasteiger partial charge in [0.15, 0.2) is 0 Å². The lowest BCUT2D eigenvalue weighted by Gasteiger charge is -2.40. The first-order valence-electron chi connectivity index (χ1n) is 6.14. The second-order valence-corrected chi connectivity index (χ2v) is 4.98. The molecule has 0 radical (unpaired) electrons. The number of hydrogen-bond donors (Lipinski definition) is 5. The molecule has 9 heteroatoms. The number of carbonyl (C=O) groups excluding carboxylic acids is 2. The minimum absolute atomic E-state index is 0.185. The Hall–Kier alpha value is -1.26. The molecular weight excluding hydrogens is 274 g/mol. The van der Waals surface area contributed by atoms with Gasteiger partial charge >= 0.3 is 5.97 Å². The quantitative estimate of drug-likeness (QED) is 0.337. The second-order valence-electron chi connectivity index (χ2n) is 4.98. The van der Waals surface area contributed by atoms with Gasteiger partial charge in [-0.2, -0.15) is 0 Å². The lowest BCUT2D eigenvalue weighted by molar-refractivity contribution is -0.259. The van der Waals surface area contributed by atoms with Crippen molar-refractivity contribution in [2.75, 3.05) is 6.61 Å². The summed E-state index contributed by atoms with van der Waals surface area (Å²) < 4.78 is 10.0. The average molecular weight is 291 g/mol. The van der Waals surface area contributed by atoms with Crippen LogP contribution in [0, 0.1) is 0 Å². The molecule has 0 saturated carbocycles. The fraction of sp³-hybridized carbons (Fsp3) is 0.818. The number of carbonyl (C=O) groups is 2. The average Bonchev–Trinajstić information content (AvgIpc) is 2.63. The predicted octanol–water partition coefficient (Wildman–Crippen LogP) is -3.39. The molecule has 0 aliphatic carbocycles. The van der Waals surface area contributed by atoms with Gasteiger partial charge in [0.25, 0.3) is 5.79 Å². The number of aliphatic hydroxyl groups is 4. The molecule has 114 valence electrons. The van der Waals surface area contributed by atoms with E-state index in [1.807, 2.05) is 0 Å². The third kappa shape index (κ3) is 2.50. The minimum Gasteiger partial charge on any atom is -0.456 e. The monoisotopic (exact) mass is 291 g/mol. The first-order valence-corrected chi connectivity index (χ1v) is 6.14. The van der Waals surface area contributed by atoms with Gasteiger partial charge in [-0.3, -0.25) is 4.79 Å². The number of nitrogens with one attached hydrogen (secondary N) is 1. The summed E-state index contributed by atoms with van der Waals surface area (Å²) in [7, 11) is 0. The van der Waals surface area contributed by atoms with E-state index >= 15 is 0 Å². The zero-order valence-electron chi connectivity index (χ0n) is 10.7. The van der Waals surface area contributed by atoms with Crippen LogP contribution in [0.25, 0.3) is 0 Å². The highest BCUT2D eigenvalue weighted by molar-refractivity contribution is 5.81. The van der Waals surface area contributed by atoms with E-state index in [0.29, 0.717) is 0 Å². The fourth-order valence-corrected chi connectivity index (χ4v) is 2.45. The van der Waals surface area contributed by atoms with Crippen LogP contribution in [0.15, 0.2) is 0 Å². The third-order valence-corrected chi connectivity index (χ3v) is 3.43. The SMILES string of the molecule is CC(=O)N[C@H]1[C@H]([C@H](O)[C@H](O)CO)O[C@@]2(O)C[C@@H]1OC2=O. The highest BCUT2D eigenvalue weighted by Crippen LogP contribution is 2.38. The molecule has 2 aliphatic heterocycles. The summed E-state index contributed by atoms with van der Waals surface area (Å²) in [6.07, 6.45) is -5.52. The first kappa shape index (κ1) is 15.1. The van der Waals surface area contributed by atoms with Gasteiger partial charge in [-0.1, -0.05) is 0 Å². The molecular formula is C11H17NO8. The van der Waals surface area contributed by atoms with Gasteiger partial charge in [-0.05, 0) is 0 Å². The van der Waals surface area contributed by atoms with E-state index in [0.717, 1.165) is 0 Å². The van der Waals surface area contributed by atoms with Crippen LogP contribution in [-0.2, 0) is 19.1 Å². The molecule has 0 spiro atoms. The summed E-state index contributed by atoms with van der Waals surface area (Å²) in [5, 5.41) is 40.7. The summed E-state index contributed by atoms with van der Waals surface area (Å²) in [5.41, 5.74) is 0. The van der Waals surface area contributed by atoms with Crippen LogP contribution < -0.4 is 5.32 Å². The highest BCUT2D eigenvalue weighted by atomic mass is 16.7. The molecule has 2 saturated heterocycles. The number of aliphatic hydroxyl groups excluding tert-OH is 3. The van der Waals surface area contributed by atoms with E-state index < -0.39 is 54.7 Å². The Bertz CT molecular complexity index is 415. The normalized spacial score (nSPS) is 39.0. The molecule has 0 aromatic heterocycles. The van der Waals surface area contributed by atoms with E-state index in [1.165, 1.54) is 6.92 Å². The maximum Gasteiger partial charge on any atom is 0.367 e. The first-order chi connectivity index (χ1) is 9.28. The van der Waals surface area contributed by atoms with Gasteiger partial charge in [-0.15, -0.1) is 0 Å². The summed E-state index contributed by atoms with van der Waals surface area (Å²) >= 11 is 0. The number of esters is 1. The van der Waals surface area contributed by atoms with Gasteiger partial charge in [0.05, 0.1) is 19.1 Å².